The van der Waals surface area contributed by atoms with Crippen LogP contribution < -0.4 is 0 Å². The molecule has 0 saturated heterocycles. The Balaban J connectivity index is 2.47. The Kier molecular flexibility index (Phi) is 34.2. The van der Waals surface area contributed by atoms with Crippen molar-refractivity contribution in [1.82, 2.24) is 0 Å². The number of aliphatic hydroxyl groups excluding tert-OH is 5. The summed E-state index contributed by atoms with van der Waals surface area (Å²) in [7, 11) is -5.12. The van der Waals surface area contributed by atoms with E-state index in [1.54, 1.807) is 0 Å². The van der Waals surface area contributed by atoms with Gasteiger partial charge in [0, 0.05) is 12.8 Å². The first kappa shape index (κ1) is 56.1. The third-order valence-corrected chi connectivity index (χ3v) is 11.7. The molecule has 0 radical (unpaired) electrons. The molecule has 0 spiro atoms. The summed E-state index contributed by atoms with van der Waals surface area (Å²) in [5.74, 6) is -1.12. The van der Waals surface area contributed by atoms with Gasteiger partial charge in [-0.25, -0.2) is 4.57 Å². The SMILES string of the molecule is CCCCC/C=C\C/C=C\CCCCCCCCCC(=O)OC(COC(=O)CCCCCCC/C=C\CCCCCCC)COP(=O)(O)OC1C(O)C(O)C(O)C(O)C1O. The second kappa shape index (κ2) is 36.5. The first-order valence-electron chi connectivity index (χ1n) is 23.3. The van der Waals surface area contributed by atoms with E-state index < -0.39 is 75.7 Å². The van der Waals surface area contributed by atoms with Crippen molar-refractivity contribution in [3.05, 3.63) is 36.5 Å². The van der Waals surface area contributed by atoms with Crippen LogP contribution in [0, 0.1) is 0 Å². The number of phosphoric ester groups is 1. The van der Waals surface area contributed by atoms with Crippen molar-refractivity contribution < 1.29 is 63.1 Å². The average Bonchev–Trinajstić information content (AvgIpc) is 3.23. The Morgan fingerprint density at radius 3 is 1.40 bits per heavy atom. The van der Waals surface area contributed by atoms with Gasteiger partial charge in [0.05, 0.1) is 6.61 Å². The third kappa shape index (κ3) is 28.6. The number of ether oxygens (including phenoxy) is 2. The van der Waals surface area contributed by atoms with E-state index >= 15 is 0 Å². The molecule has 0 amide bonds. The Hall–Kier alpha value is -1.93. The predicted octanol–water partition coefficient (Wildman–Crippen LogP) is 9.00. The highest BCUT2D eigenvalue weighted by Gasteiger charge is 2.51. The van der Waals surface area contributed by atoms with Crippen molar-refractivity contribution in [3.8, 4) is 0 Å². The number of allylic oxidation sites excluding steroid dienone is 6. The molecule has 13 nitrogen and oxygen atoms in total. The number of esters is 2. The van der Waals surface area contributed by atoms with Gasteiger partial charge in [-0.2, -0.15) is 0 Å². The molecule has 1 rings (SSSR count). The van der Waals surface area contributed by atoms with Crippen LogP contribution in [0.1, 0.15) is 187 Å². The summed E-state index contributed by atoms with van der Waals surface area (Å²) in [6.07, 6.45) is 27.6. The summed E-state index contributed by atoms with van der Waals surface area (Å²) >= 11 is 0. The van der Waals surface area contributed by atoms with Crippen molar-refractivity contribution in [2.24, 2.45) is 0 Å². The Morgan fingerprint density at radius 1 is 0.517 bits per heavy atom. The number of hydrogen-bond donors (Lipinski definition) is 6. The highest BCUT2D eigenvalue weighted by molar-refractivity contribution is 7.47. The van der Waals surface area contributed by atoms with Crippen LogP contribution in [-0.2, 0) is 32.7 Å². The molecule has 1 fully saturated rings. The third-order valence-electron chi connectivity index (χ3n) is 10.7. The van der Waals surface area contributed by atoms with Crippen molar-refractivity contribution in [2.75, 3.05) is 13.2 Å². The summed E-state index contributed by atoms with van der Waals surface area (Å²) < 4.78 is 33.5. The molecule has 0 aliphatic heterocycles. The van der Waals surface area contributed by atoms with Crippen LogP contribution in [0.25, 0.3) is 0 Å². The van der Waals surface area contributed by atoms with Crippen molar-refractivity contribution in [3.63, 3.8) is 0 Å². The zero-order valence-corrected chi connectivity index (χ0v) is 37.9. The van der Waals surface area contributed by atoms with Crippen molar-refractivity contribution in [1.29, 1.82) is 0 Å². The van der Waals surface area contributed by atoms with E-state index in [-0.39, 0.29) is 12.8 Å². The number of aliphatic hydroxyl groups is 5. The molecular formula is C46H83O13P. The molecule has 6 N–H and O–H groups in total. The Bertz CT molecular complexity index is 1190. The summed E-state index contributed by atoms with van der Waals surface area (Å²) in [6, 6.07) is 0. The summed E-state index contributed by atoms with van der Waals surface area (Å²) in [4.78, 5) is 35.7. The van der Waals surface area contributed by atoms with Gasteiger partial charge in [-0.05, 0) is 70.6 Å². The molecule has 1 aliphatic carbocycles. The highest BCUT2D eigenvalue weighted by atomic mass is 31.2. The van der Waals surface area contributed by atoms with E-state index in [1.165, 1.54) is 51.4 Å². The van der Waals surface area contributed by atoms with Crippen LogP contribution in [0.5, 0.6) is 0 Å². The molecule has 0 heterocycles. The maximum absolute atomic E-state index is 12.8. The van der Waals surface area contributed by atoms with E-state index in [9.17, 15) is 44.6 Å². The number of carbonyl (C=O) groups excluding carboxylic acids is 2. The lowest BCUT2D eigenvalue weighted by Gasteiger charge is -2.41. The fraction of sp³-hybridized carbons (Fsp3) is 0.826. The molecular weight excluding hydrogens is 791 g/mol. The van der Waals surface area contributed by atoms with Gasteiger partial charge in [0.1, 0.15) is 43.2 Å². The largest absolute Gasteiger partial charge is 0.472 e. The Morgan fingerprint density at radius 2 is 0.900 bits per heavy atom. The molecule has 0 aromatic rings. The summed E-state index contributed by atoms with van der Waals surface area (Å²) in [5.41, 5.74) is 0. The van der Waals surface area contributed by atoms with E-state index in [0.717, 1.165) is 96.3 Å². The number of carbonyl (C=O) groups is 2. The maximum Gasteiger partial charge on any atom is 0.472 e. The molecule has 1 aliphatic rings. The van der Waals surface area contributed by atoms with Gasteiger partial charge in [-0.1, -0.05) is 140 Å². The maximum atomic E-state index is 12.8. The molecule has 6 unspecified atom stereocenters. The van der Waals surface area contributed by atoms with E-state index in [2.05, 4.69) is 50.3 Å². The number of rotatable bonds is 38. The normalized spacial score (nSPS) is 22.5. The molecule has 0 aromatic carbocycles. The van der Waals surface area contributed by atoms with Crippen molar-refractivity contribution >= 4 is 19.8 Å². The molecule has 14 heteroatoms. The lowest BCUT2D eigenvalue weighted by atomic mass is 9.85. The van der Waals surface area contributed by atoms with Crippen LogP contribution in [-0.4, -0.2) is 98.3 Å². The molecule has 60 heavy (non-hydrogen) atoms. The summed E-state index contributed by atoms with van der Waals surface area (Å²) in [5, 5.41) is 50.1. The van der Waals surface area contributed by atoms with Gasteiger partial charge in [-0.3, -0.25) is 18.6 Å². The lowest BCUT2D eigenvalue weighted by molar-refractivity contribution is -0.220. The molecule has 6 atom stereocenters. The van der Waals surface area contributed by atoms with Crippen LogP contribution in [0.3, 0.4) is 0 Å². The molecule has 0 aromatic heterocycles. The molecule has 1 saturated carbocycles. The van der Waals surface area contributed by atoms with Crippen LogP contribution >= 0.6 is 7.82 Å². The van der Waals surface area contributed by atoms with E-state index in [1.807, 2.05) is 0 Å². The lowest BCUT2D eigenvalue weighted by Crippen LogP contribution is -2.64. The van der Waals surface area contributed by atoms with Gasteiger partial charge in [0.25, 0.3) is 0 Å². The minimum Gasteiger partial charge on any atom is -0.462 e. The van der Waals surface area contributed by atoms with Gasteiger partial charge >= 0.3 is 19.8 Å². The number of unbranched alkanes of at least 4 members (excludes halogenated alkanes) is 20. The fourth-order valence-corrected chi connectivity index (χ4v) is 7.87. The first-order chi connectivity index (χ1) is 28.9. The topological polar surface area (TPSA) is 210 Å². The zero-order valence-electron chi connectivity index (χ0n) is 37.0. The summed E-state index contributed by atoms with van der Waals surface area (Å²) in [6.45, 7) is 3.25. The minimum atomic E-state index is -5.12. The second-order valence-corrected chi connectivity index (χ2v) is 17.7. The smallest absolute Gasteiger partial charge is 0.462 e. The number of phosphoric acid groups is 1. The average molecular weight is 875 g/mol. The fourth-order valence-electron chi connectivity index (χ4n) is 6.90. The highest BCUT2D eigenvalue weighted by Crippen LogP contribution is 2.47. The van der Waals surface area contributed by atoms with Gasteiger partial charge in [-0.15, -0.1) is 0 Å². The quantitative estimate of drug-likeness (QED) is 0.0148. The molecule has 0 bridgehead atoms. The Labute approximate surface area is 361 Å². The van der Waals surface area contributed by atoms with E-state index in [4.69, 9.17) is 18.5 Å². The predicted molar refractivity (Wildman–Crippen MR) is 235 cm³/mol. The van der Waals surface area contributed by atoms with Gasteiger partial charge < -0.3 is 39.9 Å². The first-order valence-corrected chi connectivity index (χ1v) is 24.8. The standard InChI is InChI=1S/C46H83O13P/c1-3-5-7-9-11-13-15-17-19-20-21-23-25-27-29-31-33-35-40(48)58-38(37-57-60(54,55)59-46-44(52)42(50)41(49)43(51)45(46)53)36-56-39(47)34-32-30-28-26-24-22-18-16-14-12-10-8-6-4-2/h11,13,16-19,38,41-46,49-53H,3-10,12,14-15,20-37H2,1-2H3,(H,54,55)/b13-11-,18-16-,19-17-. The van der Waals surface area contributed by atoms with Gasteiger partial charge in [0.2, 0.25) is 0 Å². The van der Waals surface area contributed by atoms with E-state index in [0.29, 0.717) is 12.8 Å². The molecule has 350 valence electrons. The van der Waals surface area contributed by atoms with Crippen molar-refractivity contribution in [2.45, 2.75) is 230 Å². The number of hydrogen-bond acceptors (Lipinski definition) is 12. The second-order valence-electron chi connectivity index (χ2n) is 16.3. The minimum absolute atomic E-state index is 0.0863. The zero-order chi connectivity index (χ0) is 44.3. The van der Waals surface area contributed by atoms with Crippen LogP contribution in [0.2, 0.25) is 0 Å². The van der Waals surface area contributed by atoms with Crippen LogP contribution in [0.15, 0.2) is 36.5 Å². The van der Waals surface area contributed by atoms with Crippen LogP contribution in [0.4, 0.5) is 0 Å². The van der Waals surface area contributed by atoms with Gasteiger partial charge in [0.15, 0.2) is 6.10 Å². The monoisotopic (exact) mass is 875 g/mol.